The Hall–Kier alpha value is -4.51. The van der Waals surface area contributed by atoms with Gasteiger partial charge in [0.05, 0.1) is 20.5 Å². The van der Waals surface area contributed by atoms with Gasteiger partial charge < -0.3 is 19.2 Å². The molecule has 0 radical (unpaired) electrons. The maximum absolute atomic E-state index is 12.8. The highest BCUT2D eigenvalue weighted by molar-refractivity contribution is 6.07. The molecular formula is C30H25NO4. The second kappa shape index (κ2) is 9.39. The molecule has 0 atom stereocenters. The van der Waals surface area contributed by atoms with Gasteiger partial charge in [-0.3, -0.25) is 4.79 Å². The van der Waals surface area contributed by atoms with Crippen molar-refractivity contribution >= 4 is 38.9 Å². The molecule has 0 aliphatic heterocycles. The molecule has 0 saturated carbocycles. The summed E-state index contributed by atoms with van der Waals surface area (Å²) in [5, 5.41) is 6.16. The average molecular weight is 464 g/mol. The van der Waals surface area contributed by atoms with Crippen LogP contribution in [0.1, 0.15) is 12.5 Å². The van der Waals surface area contributed by atoms with Gasteiger partial charge in [0.15, 0.2) is 0 Å². The summed E-state index contributed by atoms with van der Waals surface area (Å²) < 4.78 is 16.8. The molecule has 174 valence electrons. The van der Waals surface area contributed by atoms with Crippen molar-refractivity contribution < 1.29 is 18.7 Å². The number of anilines is 1. The first-order chi connectivity index (χ1) is 17.1. The molecule has 1 amide bonds. The lowest BCUT2D eigenvalue weighted by Gasteiger charge is -2.11. The molecule has 1 N–H and O–H groups in total. The number of hydrogen-bond acceptors (Lipinski definition) is 4. The normalized spacial score (nSPS) is 11.6. The number of fused-ring (bicyclic) bond motifs is 2. The van der Waals surface area contributed by atoms with Gasteiger partial charge in [-0.25, -0.2) is 0 Å². The van der Waals surface area contributed by atoms with E-state index in [1.807, 2.05) is 49.4 Å². The zero-order chi connectivity index (χ0) is 24.4. The Balaban J connectivity index is 1.55. The van der Waals surface area contributed by atoms with Crippen molar-refractivity contribution in [2.75, 3.05) is 19.5 Å². The molecule has 5 rings (SSSR count). The van der Waals surface area contributed by atoms with Gasteiger partial charge >= 0.3 is 0 Å². The van der Waals surface area contributed by atoms with Gasteiger partial charge in [0, 0.05) is 40.4 Å². The molecule has 4 aromatic carbocycles. The van der Waals surface area contributed by atoms with E-state index in [0.29, 0.717) is 17.2 Å². The largest absolute Gasteiger partial charge is 0.497 e. The molecule has 0 fully saturated rings. The minimum Gasteiger partial charge on any atom is -0.497 e. The highest BCUT2D eigenvalue weighted by atomic mass is 16.5. The van der Waals surface area contributed by atoms with Crippen molar-refractivity contribution in [1.29, 1.82) is 0 Å². The first-order valence-corrected chi connectivity index (χ1v) is 11.3. The summed E-state index contributed by atoms with van der Waals surface area (Å²) in [7, 11) is 3.21. The molecule has 1 aromatic heterocycles. The highest BCUT2D eigenvalue weighted by Gasteiger charge is 2.16. The van der Waals surface area contributed by atoms with Crippen molar-refractivity contribution in [1.82, 2.24) is 0 Å². The Morgan fingerprint density at radius 2 is 1.66 bits per heavy atom. The third kappa shape index (κ3) is 4.36. The summed E-state index contributed by atoms with van der Waals surface area (Å²) in [4.78, 5) is 12.8. The van der Waals surface area contributed by atoms with Crippen molar-refractivity contribution in [3.63, 3.8) is 0 Å². The van der Waals surface area contributed by atoms with E-state index in [0.717, 1.165) is 38.6 Å². The third-order valence-corrected chi connectivity index (χ3v) is 6.09. The minimum atomic E-state index is -0.237. The maximum Gasteiger partial charge on any atom is 0.248 e. The number of carbonyl (C=O) groups excluding carboxylic acids is 1. The lowest BCUT2D eigenvalue weighted by molar-refractivity contribution is -0.111. The van der Waals surface area contributed by atoms with Crippen LogP contribution < -0.4 is 14.8 Å². The fraction of sp³-hybridized carbons (Fsp3) is 0.100. The van der Waals surface area contributed by atoms with Crippen LogP contribution in [0.15, 0.2) is 95.6 Å². The van der Waals surface area contributed by atoms with Crippen LogP contribution in [0.3, 0.4) is 0 Å². The van der Waals surface area contributed by atoms with E-state index in [1.54, 1.807) is 32.6 Å². The maximum atomic E-state index is 12.8. The van der Waals surface area contributed by atoms with Crippen LogP contribution in [0.2, 0.25) is 0 Å². The first-order valence-electron chi connectivity index (χ1n) is 11.3. The predicted molar refractivity (Wildman–Crippen MR) is 141 cm³/mol. The smallest absolute Gasteiger partial charge is 0.248 e. The molecule has 0 aliphatic rings. The Morgan fingerprint density at radius 1 is 0.857 bits per heavy atom. The predicted octanol–water partition coefficient (Wildman–Crippen LogP) is 7.31. The summed E-state index contributed by atoms with van der Waals surface area (Å²) >= 11 is 0. The SMILES string of the molecule is COc1cccc(NC(=O)/C=C(\C)c2cc3c(-c4cccc5ccccc45)coc3cc2OC)c1. The molecule has 0 bridgehead atoms. The van der Waals surface area contributed by atoms with Crippen LogP contribution in [0.25, 0.3) is 38.4 Å². The van der Waals surface area contributed by atoms with Gasteiger partial charge in [-0.15, -0.1) is 0 Å². The van der Waals surface area contributed by atoms with Gasteiger partial charge in [0.25, 0.3) is 0 Å². The number of methoxy groups -OCH3 is 2. The number of furan rings is 1. The first kappa shape index (κ1) is 22.3. The van der Waals surface area contributed by atoms with E-state index in [1.165, 1.54) is 5.39 Å². The highest BCUT2D eigenvalue weighted by Crippen LogP contribution is 2.39. The molecule has 5 heteroatoms. The van der Waals surface area contributed by atoms with Gasteiger partial charge in [-0.1, -0.05) is 48.5 Å². The lowest BCUT2D eigenvalue weighted by atomic mass is 9.96. The monoisotopic (exact) mass is 463 g/mol. The fourth-order valence-electron chi connectivity index (χ4n) is 4.35. The van der Waals surface area contributed by atoms with E-state index in [-0.39, 0.29) is 5.91 Å². The number of amides is 1. The summed E-state index contributed by atoms with van der Waals surface area (Å²) in [5.74, 6) is 1.08. The number of allylic oxidation sites excluding steroid dienone is 1. The molecule has 0 saturated heterocycles. The third-order valence-electron chi connectivity index (χ3n) is 6.09. The number of rotatable bonds is 6. The van der Waals surface area contributed by atoms with Gasteiger partial charge in [0.2, 0.25) is 5.91 Å². The Labute approximate surface area is 203 Å². The van der Waals surface area contributed by atoms with Crippen LogP contribution in [-0.4, -0.2) is 20.1 Å². The topological polar surface area (TPSA) is 60.7 Å². The Morgan fingerprint density at radius 3 is 2.49 bits per heavy atom. The van der Waals surface area contributed by atoms with Crippen molar-refractivity contribution in [2.45, 2.75) is 6.92 Å². The standard InChI is InChI=1S/C30H25NO4/c1-19(14-30(32)31-21-10-7-11-22(15-21)33-2)25-16-26-27(18-35-29(26)17-28(25)34-3)24-13-6-9-20-8-4-5-12-23(20)24/h4-18H,1-3H3,(H,31,32)/b19-14+. The van der Waals surface area contributed by atoms with Crippen LogP contribution in [-0.2, 0) is 4.79 Å². The lowest BCUT2D eigenvalue weighted by Crippen LogP contribution is -2.08. The summed E-state index contributed by atoms with van der Waals surface area (Å²) in [5.41, 5.74) is 5.07. The van der Waals surface area contributed by atoms with Crippen LogP contribution in [0.5, 0.6) is 11.5 Å². The van der Waals surface area contributed by atoms with Crippen LogP contribution in [0, 0.1) is 0 Å². The van der Waals surface area contributed by atoms with E-state index in [9.17, 15) is 4.79 Å². The molecule has 0 spiro atoms. The van der Waals surface area contributed by atoms with Crippen molar-refractivity contribution in [3.8, 4) is 22.6 Å². The average Bonchev–Trinajstić information content (AvgIpc) is 3.30. The molecule has 5 aromatic rings. The van der Waals surface area contributed by atoms with Gasteiger partial charge in [0.1, 0.15) is 17.1 Å². The molecular weight excluding hydrogens is 438 g/mol. The van der Waals surface area contributed by atoms with Crippen LogP contribution >= 0.6 is 0 Å². The van der Waals surface area contributed by atoms with E-state index < -0.39 is 0 Å². The summed E-state index contributed by atoms with van der Waals surface area (Å²) in [6.07, 6.45) is 3.35. The van der Waals surface area contributed by atoms with E-state index >= 15 is 0 Å². The molecule has 5 nitrogen and oxygen atoms in total. The zero-order valence-corrected chi connectivity index (χ0v) is 19.8. The van der Waals surface area contributed by atoms with E-state index in [2.05, 4.69) is 35.6 Å². The zero-order valence-electron chi connectivity index (χ0n) is 19.8. The summed E-state index contributed by atoms with van der Waals surface area (Å²) in [6, 6.07) is 25.7. The van der Waals surface area contributed by atoms with Crippen molar-refractivity contribution in [2.24, 2.45) is 0 Å². The quantitative estimate of drug-likeness (QED) is 0.268. The number of hydrogen-bond donors (Lipinski definition) is 1. The minimum absolute atomic E-state index is 0.237. The molecule has 35 heavy (non-hydrogen) atoms. The second-order valence-corrected chi connectivity index (χ2v) is 8.27. The molecule has 0 unspecified atom stereocenters. The number of ether oxygens (including phenoxy) is 2. The number of nitrogens with one attached hydrogen (secondary N) is 1. The second-order valence-electron chi connectivity index (χ2n) is 8.27. The number of benzene rings is 4. The Kier molecular flexibility index (Phi) is 5.98. The van der Waals surface area contributed by atoms with Gasteiger partial charge in [-0.05, 0) is 47.0 Å². The van der Waals surface area contributed by atoms with Gasteiger partial charge in [-0.2, -0.15) is 0 Å². The molecule has 0 aliphatic carbocycles. The summed E-state index contributed by atoms with van der Waals surface area (Å²) in [6.45, 7) is 1.90. The number of carbonyl (C=O) groups is 1. The molecule has 1 heterocycles. The van der Waals surface area contributed by atoms with Crippen LogP contribution in [0.4, 0.5) is 5.69 Å². The van der Waals surface area contributed by atoms with E-state index in [4.69, 9.17) is 13.9 Å². The fourth-order valence-corrected chi connectivity index (χ4v) is 4.35. The van der Waals surface area contributed by atoms with Crippen molar-refractivity contribution in [3.05, 3.63) is 96.8 Å². The Bertz CT molecular complexity index is 1570.